The fourth-order valence-corrected chi connectivity index (χ4v) is 2.23. The summed E-state index contributed by atoms with van der Waals surface area (Å²) >= 11 is 0. The van der Waals surface area contributed by atoms with Crippen molar-refractivity contribution in [3.8, 4) is 0 Å². The van der Waals surface area contributed by atoms with Crippen molar-refractivity contribution in [3.05, 3.63) is 74.3 Å². The summed E-state index contributed by atoms with van der Waals surface area (Å²) in [7, 11) is 0. The van der Waals surface area contributed by atoms with E-state index < -0.39 is 10.8 Å². The molecule has 0 aromatic heterocycles. The second-order valence-electron chi connectivity index (χ2n) is 5.70. The molecule has 1 amide bonds. The predicted molar refractivity (Wildman–Crippen MR) is 93.4 cm³/mol. The van der Waals surface area contributed by atoms with Gasteiger partial charge < -0.3 is 0 Å². The van der Waals surface area contributed by atoms with E-state index in [2.05, 4.69) is 10.5 Å². The van der Waals surface area contributed by atoms with Crippen LogP contribution in [0.1, 0.15) is 39.5 Å². The molecule has 6 heteroatoms. The van der Waals surface area contributed by atoms with E-state index in [4.69, 9.17) is 0 Å². The van der Waals surface area contributed by atoms with Crippen LogP contribution in [0.15, 0.2) is 41.5 Å². The zero-order valence-corrected chi connectivity index (χ0v) is 14.1. The minimum atomic E-state index is -0.473. The average molecular weight is 325 g/mol. The van der Waals surface area contributed by atoms with Gasteiger partial charge in [0, 0.05) is 17.2 Å². The minimum Gasteiger partial charge on any atom is -0.267 e. The van der Waals surface area contributed by atoms with Crippen LogP contribution in [-0.4, -0.2) is 16.5 Å². The average Bonchev–Trinajstić information content (AvgIpc) is 2.54. The lowest BCUT2D eigenvalue weighted by Crippen LogP contribution is -2.19. The van der Waals surface area contributed by atoms with Gasteiger partial charge in [0.15, 0.2) is 0 Å². The molecule has 0 radical (unpaired) electrons. The molecule has 2 aromatic rings. The maximum atomic E-state index is 12.1. The minimum absolute atomic E-state index is 0.0126. The largest absolute Gasteiger partial charge is 0.272 e. The van der Waals surface area contributed by atoms with Gasteiger partial charge in [-0.3, -0.25) is 14.9 Å². The van der Waals surface area contributed by atoms with Crippen molar-refractivity contribution in [2.24, 2.45) is 5.10 Å². The van der Waals surface area contributed by atoms with Crippen molar-refractivity contribution in [2.45, 2.75) is 27.7 Å². The summed E-state index contributed by atoms with van der Waals surface area (Å²) in [5, 5.41) is 14.9. The molecule has 0 atom stereocenters. The van der Waals surface area contributed by atoms with Crippen molar-refractivity contribution < 1.29 is 9.72 Å². The number of rotatable bonds is 4. The van der Waals surface area contributed by atoms with Crippen LogP contribution in [-0.2, 0) is 0 Å². The molecule has 6 nitrogen and oxygen atoms in total. The fraction of sp³-hybridized carbons (Fsp3) is 0.222. The lowest BCUT2D eigenvalue weighted by atomic mass is 10.0. The number of carbonyl (C=O) groups excluding carboxylic acids is 1. The first-order valence-corrected chi connectivity index (χ1v) is 7.47. The first-order valence-electron chi connectivity index (χ1n) is 7.47. The molecular weight excluding hydrogens is 306 g/mol. The highest BCUT2D eigenvalue weighted by atomic mass is 16.6. The Morgan fingerprint density at radius 2 is 1.62 bits per heavy atom. The molecular formula is C18H19N3O3. The molecule has 0 saturated heterocycles. The van der Waals surface area contributed by atoms with Gasteiger partial charge in [-0.2, -0.15) is 5.10 Å². The van der Waals surface area contributed by atoms with Crippen LogP contribution < -0.4 is 5.43 Å². The van der Waals surface area contributed by atoms with E-state index in [1.807, 2.05) is 39.0 Å². The highest BCUT2D eigenvalue weighted by molar-refractivity contribution is 6.01. The summed E-state index contributed by atoms with van der Waals surface area (Å²) < 4.78 is 0. The molecule has 0 fully saturated rings. The van der Waals surface area contributed by atoms with Gasteiger partial charge in [0.25, 0.3) is 11.6 Å². The number of hydrogen-bond donors (Lipinski definition) is 1. The van der Waals surface area contributed by atoms with Crippen LogP contribution in [0.3, 0.4) is 0 Å². The van der Waals surface area contributed by atoms with Crippen molar-refractivity contribution in [3.63, 3.8) is 0 Å². The third-order valence-electron chi connectivity index (χ3n) is 3.91. The zero-order chi connectivity index (χ0) is 17.9. The molecule has 0 saturated carbocycles. The normalized spacial score (nSPS) is 11.2. The second kappa shape index (κ2) is 7.04. The number of nitrogens with one attached hydrogen (secondary N) is 1. The third kappa shape index (κ3) is 3.84. The van der Waals surface area contributed by atoms with Crippen LogP contribution in [0.25, 0.3) is 0 Å². The molecule has 0 aliphatic rings. The van der Waals surface area contributed by atoms with Crippen LogP contribution in [0.4, 0.5) is 5.69 Å². The Morgan fingerprint density at radius 1 is 1.00 bits per heavy atom. The van der Waals surface area contributed by atoms with Crippen molar-refractivity contribution in [1.29, 1.82) is 0 Å². The Labute approximate surface area is 140 Å². The van der Waals surface area contributed by atoms with Gasteiger partial charge in [0.05, 0.1) is 10.6 Å². The summed E-state index contributed by atoms with van der Waals surface area (Å²) in [6, 6.07) is 10.2. The van der Waals surface area contributed by atoms with E-state index in [0.717, 1.165) is 11.1 Å². The first-order chi connectivity index (χ1) is 11.3. The fourth-order valence-electron chi connectivity index (χ4n) is 2.23. The first kappa shape index (κ1) is 17.3. The number of hydrazone groups is 1. The van der Waals surface area contributed by atoms with Crippen molar-refractivity contribution in [2.75, 3.05) is 0 Å². The lowest BCUT2D eigenvalue weighted by molar-refractivity contribution is -0.385. The third-order valence-corrected chi connectivity index (χ3v) is 3.91. The van der Waals surface area contributed by atoms with Gasteiger partial charge in [0.1, 0.15) is 0 Å². The van der Waals surface area contributed by atoms with E-state index in [0.29, 0.717) is 16.8 Å². The van der Waals surface area contributed by atoms with Gasteiger partial charge in [-0.15, -0.1) is 0 Å². The van der Waals surface area contributed by atoms with Gasteiger partial charge in [-0.25, -0.2) is 5.43 Å². The number of hydrogen-bond acceptors (Lipinski definition) is 4. The molecule has 0 spiro atoms. The van der Waals surface area contributed by atoms with Crippen LogP contribution >= 0.6 is 0 Å². The molecule has 0 aliphatic heterocycles. The van der Waals surface area contributed by atoms with Crippen molar-refractivity contribution >= 4 is 17.3 Å². The van der Waals surface area contributed by atoms with Gasteiger partial charge in [-0.05, 0) is 62.6 Å². The van der Waals surface area contributed by atoms with E-state index in [9.17, 15) is 14.9 Å². The summed E-state index contributed by atoms with van der Waals surface area (Å²) in [6.07, 6.45) is 0. The molecule has 124 valence electrons. The van der Waals surface area contributed by atoms with Crippen LogP contribution in [0, 0.1) is 30.9 Å². The molecule has 1 N–H and O–H groups in total. The maximum absolute atomic E-state index is 12.1. The standard InChI is InChI=1S/C18H19N3O3/c1-11-5-6-15(9-12(11)2)14(4)19-20-18(22)16-7-8-17(21(23)24)13(3)10-16/h5-10H,1-4H3,(H,20,22)/b19-14+. The zero-order valence-electron chi connectivity index (χ0n) is 14.1. The number of benzene rings is 2. The number of nitro groups is 1. The highest BCUT2D eigenvalue weighted by Gasteiger charge is 2.13. The maximum Gasteiger partial charge on any atom is 0.272 e. The summed E-state index contributed by atoms with van der Waals surface area (Å²) in [6.45, 7) is 7.46. The Hall–Kier alpha value is -3.02. The van der Waals surface area contributed by atoms with E-state index in [1.165, 1.54) is 23.8 Å². The highest BCUT2D eigenvalue weighted by Crippen LogP contribution is 2.18. The van der Waals surface area contributed by atoms with E-state index >= 15 is 0 Å². The molecule has 2 rings (SSSR count). The molecule has 2 aromatic carbocycles. The van der Waals surface area contributed by atoms with Crippen molar-refractivity contribution in [1.82, 2.24) is 5.43 Å². The number of carbonyl (C=O) groups is 1. The van der Waals surface area contributed by atoms with Gasteiger partial charge in [-0.1, -0.05) is 12.1 Å². The quantitative estimate of drug-likeness (QED) is 0.529. The summed E-state index contributed by atoms with van der Waals surface area (Å²) in [5.74, 6) is -0.406. The Balaban J connectivity index is 2.15. The second-order valence-corrected chi connectivity index (χ2v) is 5.70. The number of nitro benzene ring substituents is 1. The number of amides is 1. The molecule has 24 heavy (non-hydrogen) atoms. The van der Waals surface area contributed by atoms with Gasteiger partial charge >= 0.3 is 0 Å². The molecule has 0 unspecified atom stereocenters. The van der Waals surface area contributed by atoms with Gasteiger partial charge in [0.2, 0.25) is 0 Å². The summed E-state index contributed by atoms with van der Waals surface area (Å²) in [5.41, 5.74) is 7.19. The SMILES string of the molecule is C/C(=N\NC(=O)c1ccc([N+](=O)[O-])c(C)c1)c1ccc(C)c(C)c1. The lowest BCUT2D eigenvalue weighted by Gasteiger charge is -2.06. The topological polar surface area (TPSA) is 84.6 Å². The smallest absolute Gasteiger partial charge is 0.267 e. The Kier molecular flexibility index (Phi) is 5.08. The predicted octanol–water partition coefficient (Wildman–Crippen LogP) is 3.67. The molecule has 0 bridgehead atoms. The van der Waals surface area contributed by atoms with Crippen LogP contribution in [0.5, 0.6) is 0 Å². The van der Waals surface area contributed by atoms with E-state index in [1.54, 1.807) is 6.92 Å². The number of aryl methyl sites for hydroxylation is 3. The summed E-state index contributed by atoms with van der Waals surface area (Å²) in [4.78, 5) is 22.5. The monoisotopic (exact) mass is 325 g/mol. The number of nitrogens with zero attached hydrogens (tertiary/aromatic N) is 2. The Morgan fingerprint density at radius 3 is 2.21 bits per heavy atom. The molecule has 0 heterocycles. The van der Waals surface area contributed by atoms with Crippen LogP contribution in [0.2, 0.25) is 0 Å². The Bertz CT molecular complexity index is 841. The molecule has 0 aliphatic carbocycles. The van der Waals surface area contributed by atoms with E-state index in [-0.39, 0.29) is 5.69 Å².